The fourth-order valence-electron chi connectivity index (χ4n) is 1.43. The summed E-state index contributed by atoms with van der Waals surface area (Å²) in [6.45, 7) is 0. The number of nitro groups is 1. The summed E-state index contributed by atoms with van der Waals surface area (Å²) in [6, 6.07) is 11.2. The molecule has 0 aliphatic heterocycles. The van der Waals surface area contributed by atoms with E-state index in [1.807, 2.05) is 0 Å². The average molecular weight is 275 g/mol. The van der Waals surface area contributed by atoms with Crippen LogP contribution in [0.15, 0.2) is 36.4 Å². The first-order valence-corrected chi connectivity index (χ1v) is 5.56. The molecule has 6 nitrogen and oxygen atoms in total. The standard InChI is InChI=1S/C12H7ClN4O2/c13-8-1-3-9(4-2-8)15-12-6-5-11(17(18)19)10(7-14)16-12/h1-6H,(H,15,16). The number of hydrogen-bond acceptors (Lipinski definition) is 5. The molecule has 1 N–H and O–H groups in total. The molecule has 19 heavy (non-hydrogen) atoms. The van der Waals surface area contributed by atoms with Gasteiger partial charge in [-0.25, -0.2) is 4.98 Å². The number of halogens is 1. The third-order valence-corrected chi connectivity index (χ3v) is 2.55. The molecule has 1 aromatic carbocycles. The van der Waals surface area contributed by atoms with E-state index in [1.54, 1.807) is 30.3 Å². The van der Waals surface area contributed by atoms with E-state index in [9.17, 15) is 10.1 Å². The Labute approximate surface area is 113 Å². The molecule has 0 fully saturated rings. The normalized spacial score (nSPS) is 9.68. The molecule has 0 amide bonds. The molecule has 2 aromatic rings. The molecule has 1 heterocycles. The molecule has 0 bridgehead atoms. The van der Waals surface area contributed by atoms with Gasteiger partial charge in [0.1, 0.15) is 11.9 Å². The predicted octanol–water partition coefficient (Wildman–Crippen LogP) is 3.26. The highest BCUT2D eigenvalue weighted by Crippen LogP contribution is 2.21. The van der Waals surface area contributed by atoms with Gasteiger partial charge in [0.25, 0.3) is 0 Å². The van der Waals surface area contributed by atoms with E-state index in [2.05, 4.69) is 10.3 Å². The number of hydrogen-bond donors (Lipinski definition) is 1. The van der Waals surface area contributed by atoms with Crippen molar-refractivity contribution in [1.82, 2.24) is 4.98 Å². The fraction of sp³-hybridized carbons (Fsp3) is 0. The van der Waals surface area contributed by atoms with E-state index < -0.39 is 4.92 Å². The minimum atomic E-state index is -0.641. The Morgan fingerprint density at radius 1 is 1.26 bits per heavy atom. The summed E-state index contributed by atoms with van der Waals surface area (Å²) in [5.74, 6) is 0.351. The molecule has 2 rings (SSSR count). The quantitative estimate of drug-likeness (QED) is 0.685. The molecule has 0 radical (unpaired) electrons. The highest BCUT2D eigenvalue weighted by atomic mass is 35.5. The highest BCUT2D eigenvalue weighted by molar-refractivity contribution is 6.30. The lowest BCUT2D eigenvalue weighted by atomic mass is 10.3. The van der Waals surface area contributed by atoms with Crippen LogP contribution in [-0.2, 0) is 0 Å². The summed E-state index contributed by atoms with van der Waals surface area (Å²) >= 11 is 5.76. The Kier molecular flexibility index (Phi) is 3.59. The van der Waals surface area contributed by atoms with Gasteiger partial charge in [-0.3, -0.25) is 10.1 Å². The van der Waals surface area contributed by atoms with Crippen LogP contribution in [0, 0.1) is 21.4 Å². The van der Waals surface area contributed by atoms with Crippen LogP contribution in [0.5, 0.6) is 0 Å². The number of nitrogens with zero attached hydrogens (tertiary/aromatic N) is 3. The predicted molar refractivity (Wildman–Crippen MR) is 70.3 cm³/mol. The van der Waals surface area contributed by atoms with Crippen molar-refractivity contribution in [2.45, 2.75) is 0 Å². The fourth-order valence-corrected chi connectivity index (χ4v) is 1.56. The van der Waals surface area contributed by atoms with Crippen LogP contribution < -0.4 is 5.32 Å². The van der Waals surface area contributed by atoms with E-state index in [4.69, 9.17) is 16.9 Å². The minimum Gasteiger partial charge on any atom is -0.340 e. The zero-order valence-electron chi connectivity index (χ0n) is 9.50. The molecule has 0 aliphatic rings. The summed E-state index contributed by atoms with van der Waals surface area (Å²) < 4.78 is 0. The number of aromatic nitrogens is 1. The third-order valence-electron chi connectivity index (χ3n) is 2.29. The molecule has 7 heteroatoms. The van der Waals surface area contributed by atoms with Gasteiger partial charge in [-0.2, -0.15) is 5.26 Å². The second-order valence-electron chi connectivity index (χ2n) is 3.57. The number of benzene rings is 1. The van der Waals surface area contributed by atoms with E-state index in [1.165, 1.54) is 12.1 Å². The van der Waals surface area contributed by atoms with Crippen LogP contribution in [-0.4, -0.2) is 9.91 Å². The van der Waals surface area contributed by atoms with Crippen LogP contribution in [0.1, 0.15) is 5.69 Å². The molecule has 0 atom stereocenters. The van der Waals surface area contributed by atoms with E-state index >= 15 is 0 Å². The molecule has 1 aromatic heterocycles. The number of anilines is 2. The molecular weight excluding hydrogens is 268 g/mol. The van der Waals surface area contributed by atoms with Gasteiger partial charge < -0.3 is 5.32 Å². The summed E-state index contributed by atoms with van der Waals surface area (Å²) in [7, 11) is 0. The first-order valence-electron chi connectivity index (χ1n) is 5.18. The van der Waals surface area contributed by atoms with Crippen molar-refractivity contribution in [3.05, 3.63) is 57.2 Å². The Hall–Kier alpha value is -2.65. The van der Waals surface area contributed by atoms with Crippen molar-refractivity contribution in [1.29, 1.82) is 5.26 Å². The molecular formula is C12H7ClN4O2. The van der Waals surface area contributed by atoms with Gasteiger partial charge in [-0.1, -0.05) is 11.6 Å². The maximum atomic E-state index is 10.7. The summed E-state index contributed by atoms with van der Waals surface area (Å²) in [6.07, 6.45) is 0. The van der Waals surface area contributed by atoms with Gasteiger partial charge in [0.15, 0.2) is 0 Å². The van der Waals surface area contributed by atoms with Gasteiger partial charge in [-0.15, -0.1) is 0 Å². The van der Waals surface area contributed by atoms with Crippen molar-refractivity contribution >= 4 is 28.8 Å². The Bertz CT molecular complexity index is 664. The Balaban J connectivity index is 2.29. The number of nitrogens with one attached hydrogen (secondary N) is 1. The third kappa shape index (κ3) is 2.97. The maximum Gasteiger partial charge on any atom is 0.305 e. The monoisotopic (exact) mass is 274 g/mol. The van der Waals surface area contributed by atoms with Crippen molar-refractivity contribution < 1.29 is 4.92 Å². The van der Waals surface area contributed by atoms with Crippen LogP contribution in [0.25, 0.3) is 0 Å². The van der Waals surface area contributed by atoms with Gasteiger partial charge in [0, 0.05) is 16.8 Å². The second kappa shape index (κ2) is 5.33. The SMILES string of the molecule is N#Cc1nc(Nc2ccc(Cl)cc2)ccc1[N+](=O)[O-]. The highest BCUT2D eigenvalue weighted by Gasteiger charge is 2.15. The number of rotatable bonds is 3. The zero-order valence-corrected chi connectivity index (χ0v) is 10.3. The van der Waals surface area contributed by atoms with Crippen molar-refractivity contribution in [3.63, 3.8) is 0 Å². The average Bonchev–Trinajstić information content (AvgIpc) is 2.41. The second-order valence-corrected chi connectivity index (χ2v) is 4.00. The van der Waals surface area contributed by atoms with Gasteiger partial charge in [0.05, 0.1) is 4.92 Å². The first kappa shape index (κ1) is 12.8. The molecule has 0 spiro atoms. The van der Waals surface area contributed by atoms with Crippen LogP contribution in [0.3, 0.4) is 0 Å². The van der Waals surface area contributed by atoms with Crippen molar-refractivity contribution in [2.75, 3.05) is 5.32 Å². The smallest absolute Gasteiger partial charge is 0.305 e. The van der Waals surface area contributed by atoms with E-state index in [0.717, 1.165) is 5.69 Å². The van der Waals surface area contributed by atoms with Gasteiger partial charge in [-0.05, 0) is 30.3 Å². The van der Waals surface area contributed by atoms with Gasteiger partial charge >= 0.3 is 5.69 Å². The van der Waals surface area contributed by atoms with Crippen LogP contribution in [0.4, 0.5) is 17.2 Å². The van der Waals surface area contributed by atoms with Gasteiger partial charge in [0.2, 0.25) is 5.69 Å². The van der Waals surface area contributed by atoms with Crippen LogP contribution in [0.2, 0.25) is 5.02 Å². The van der Waals surface area contributed by atoms with E-state index in [-0.39, 0.29) is 11.4 Å². The lowest BCUT2D eigenvalue weighted by Crippen LogP contribution is -1.99. The summed E-state index contributed by atoms with van der Waals surface area (Å²) in [4.78, 5) is 13.9. The minimum absolute atomic E-state index is 0.232. The number of nitriles is 1. The molecule has 0 unspecified atom stereocenters. The van der Waals surface area contributed by atoms with Crippen molar-refractivity contribution in [3.8, 4) is 6.07 Å². The molecule has 94 valence electrons. The lowest BCUT2D eigenvalue weighted by Gasteiger charge is -2.05. The van der Waals surface area contributed by atoms with E-state index in [0.29, 0.717) is 10.8 Å². The topological polar surface area (TPSA) is 91.8 Å². The Morgan fingerprint density at radius 2 is 1.95 bits per heavy atom. The molecule has 0 saturated carbocycles. The lowest BCUT2D eigenvalue weighted by molar-refractivity contribution is -0.385. The van der Waals surface area contributed by atoms with Crippen LogP contribution >= 0.6 is 11.6 Å². The maximum absolute atomic E-state index is 10.7. The number of pyridine rings is 1. The zero-order chi connectivity index (χ0) is 13.8. The van der Waals surface area contributed by atoms with Crippen molar-refractivity contribution in [2.24, 2.45) is 0 Å². The summed E-state index contributed by atoms with van der Waals surface area (Å²) in [5.41, 5.74) is 0.169. The molecule has 0 aliphatic carbocycles. The Morgan fingerprint density at radius 3 is 2.53 bits per heavy atom. The molecule has 0 saturated heterocycles. The first-order chi connectivity index (χ1) is 9.10. The largest absolute Gasteiger partial charge is 0.340 e. The summed E-state index contributed by atoms with van der Waals surface area (Å²) in [5, 5.41) is 23.0.